The zero-order valence-electron chi connectivity index (χ0n) is 11.8. The van der Waals surface area contributed by atoms with Crippen molar-refractivity contribution in [1.29, 1.82) is 0 Å². The van der Waals surface area contributed by atoms with Gasteiger partial charge in [0.25, 0.3) is 0 Å². The average molecular weight is 252 g/mol. The van der Waals surface area contributed by atoms with E-state index in [2.05, 4.69) is 24.1 Å². The van der Waals surface area contributed by atoms with Gasteiger partial charge in [0.1, 0.15) is 11.9 Å². The number of rotatable bonds is 8. The summed E-state index contributed by atoms with van der Waals surface area (Å²) in [5, 5.41) is 3.40. The summed E-state index contributed by atoms with van der Waals surface area (Å²) < 4.78 is 10.9. The van der Waals surface area contributed by atoms with Gasteiger partial charge in [0, 0.05) is 31.6 Å². The third-order valence-electron chi connectivity index (χ3n) is 2.46. The van der Waals surface area contributed by atoms with E-state index in [0.29, 0.717) is 12.5 Å². The van der Waals surface area contributed by atoms with Crippen LogP contribution in [0, 0.1) is 5.92 Å². The number of hydrogen-bond acceptors (Lipinski definition) is 4. The van der Waals surface area contributed by atoms with E-state index < -0.39 is 0 Å². The van der Waals surface area contributed by atoms with E-state index in [1.807, 2.05) is 19.2 Å². The zero-order valence-corrected chi connectivity index (χ0v) is 11.8. The lowest BCUT2D eigenvalue weighted by Gasteiger charge is -2.17. The first-order valence-electron chi connectivity index (χ1n) is 6.42. The molecule has 0 bridgehead atoms. The molecule has 1 atom stereocenters. The molecule has 0 fully saturated rings. The quantitative estimate of drug-likeness (QED) is 0.770. The van der Waals surface area contributed by atoms with Gasteiger partial charge in [0.05, 0.1) is 6.61 Å². The van der Waals surface area contributed by atoms with Crippen molar-refractivity contribution >= 4 is 0 Å². The van der Waals surface area contributed by atoms with E-state index >= 15 is 0 Å². The minimum atomic E-state index is 0.0428. The Morgan fingerprint density at radius 1 is 1.33 bits per heavy atom. The molecule has 0 radical (unpaired) electrons. The molecule has 4 heteroatoms. The lowest BCUT2D eigenvalue weighted by atomic mass is 10.2. The largest absolute Gasteiger partial charge is 0.488 e. The van der Waals surface area contributed by atoms with Gasteiger partial charge in [-0.3, -0.25) is 4.98 Å². The molecule has 1 aromatic heterocycles. The van der Waals surface area contributed by atoms with Crippen molar-refractivity contribution in [2.75, 3.05) is 20.3 Å². The monoisotopic (exact) mass is 252 g/mol. The molecule has 0 aliphatic carbocycles. The van der Waals surface area contributed by atoms with Crippen molar-refractivity contribution in [3.05, 3.63) is 24.0 Å². The van der Waals surface area contributed by atoms with Gasteiger partial charge in [0.2, 0.25) is 0 Å². The Bertz CT molecular complexity index is 342. The Hall–Kier alpha value is -1.13. The van der Waals surface area contributed by atoms with Gasteiger partial charge in [-0.2, -0.15) is 0 Å². The van der Waals surface area contributed by atoms with Crippen LogP contribution in [0.5, 0.6) is 5.75 Å². The summed E-state index contributed by atoms with van der Waals surface area (Å²) >= 11 is 0. The number of pyridine rings is 1. The highest BCUT2D eigenvalue weighted by molar-refractivity contribution is 5.30. The highest BCUT2D eigenvalue weighted by Crippen LogP contribution is 2.18. The molecule has 0 saturated carbocycles. The summed E-state index contributed by atoms with van der Waals surface area (Å²) in [6, 6.07) is 1.90. The van der Waals surface area contributed by atoms with E-state index in [4.69, 9.17) is 9.47 Å². The van der Waals surface area contributed by atoms with Crippen molar-refractivity contribution in [2.45, 2.75) is 33.4 Å². The van der Waals surface area contributed by atoms with Crippen LogP contribution in [0.3, 0.4) is 0 Å². The van der Waals surface area contributed by atoms with Crippen molar-refractivity contribution in [3.8, 4) is 5.75 Å². The number of nitrogens with one attached hydrogen (secondary N) is 1. The molecule has 0 amide bonds. The number of aromatic nitrogens is 1. The van der Waals surface area contributed by atoms with E-state index in [9.17, 15) is 0 Å². The fraction of sp³-hybridized carbons (Fsp3) is 0.643. The van der Waals surface area contributed by atoms with Crippen LogP contribution < -0.4 is 10.1 Å². The van der Waals surface area contributed by atoms with Crippen LogP contribution in [0.1, 0.15) is 26.3 Å². The topological polar surface area (TPSA) is 43.4 Å². The van der Waals surface area contributed by atoms with Gasteiger partial charge in [-0.25, -0.2) is 0 Å². The summed E-state index contributed by atoms with van der Waals surface area (Å²) in [5.41, 5.74) is 1.08. The van der Waals surface area contributed by atoms with Crippen LogP contribution in [-0.4, -0.2) is 31.3 Å². The molecule has 18 heavy (non-hydrogen) atoms. The van der Waals surface area contributed by atoms with Gasteiger partial charge in [-0.15, -0.1) is 0 Å². The minimum Gasteiger partial charge on any atom is -0.488 e. The summed E-state index contributed by atoms with van der Waals surface area (Å²) in [5.74, 6) is 1.52. The van der Waals surface area contributed by atoms with Crippen LogP contribution in [0.25, 0.3) is 0 Å². The molecule has 1 unspecified atom stereocenters. The Morgan fingerprint density at radius 2 is 2.11 bits per heavy atom. The number of nitrogens with zero attached hydrogens (tertiary/aromatic N) is 1. The molecule has 0 aliphatic rings. The van der Waals surface area contributed by atoms with Gasteiger partial charge >= 0.3 is 0 Å². The zero-order chi connectivity index (χ0) is 13.4. The first-order valence-corrected chi connectivity index (χ1v) is 6.42. The Morgan fingerprint density at radius 3 is 2.78 bits per heavy atom. The minimum absolute atomic E-state index is 0.0428. The van der Waals surface area contributed by atoms with Crippen molar-refractivity contribution in [3.63, 3.8) is 0 Å². The predicted molar refractivity (Wildman–Crippen MR) is 72.7 cm³/mol. The molecule has 1 rings (SSSR count). The molecule has 0 aromatic carbocycles. The molecule has 1 aromatic rings. The van der Waals surface area contributed by atoms with Crippen molar-refractivity contribution < 1.29 is 9.47 Å². The molecular formula is C14H24N2O2. The predicted octanol–water partition coefficient (Wildman–Crippen LogP) is 2.24. The van der Waals surface area contributed by atoms with Crippen molar-refractivity contribution in [2.24, 2.45) is 5.92 Å². The lowest BCUT2D eigenvalue weighted by molar-refractivity contribution is 0.0912. The van der Waals surface area contributed by atoms with Crippen LogP contribution in [0.2, 0.25) is 0 Å². The van der Waals surface area contributed by atoms with Crippen molar-refractivity contribution in [1.82, 2.24) is 10.3 Å². The standard InChI is InChI=1S/C14H24N2O2/c1-11(2)7-16-9-13-8-15-6-5-14(13)18-12(3)10-17-4/h5-6,8,11-12,16H,7,9-10H2,1-4H3. The highest BCUT2D eigenvalue weighted by atomic mass is 16.5. The van der Waals surface area contributed by atoms with Gasteiger partial charge in [-0.1, -0.05) is 13.8 Å². The lowest BCUT2D eigenvalue weighted by Crippen LogP contribution is -2.22. The van der Waals surface area contributed by atoms with E-state index in [-0.39, 0.29) is 6.10 Å². The first kappa shape index (κ1) is 14.9. The van der Waals surface area contributed by atoms with E-state index in [1.165, 1.54) is 0 Å². The first-order chi connectivity index (χ1) is 8.63. The Balaban J connectivity index is 2.56. The van der Waals surface area contributed by atoms with E-state index in [0.717, 1.165) is 24.4 Å². The SMILES string of the molecule is COCC(C)Oc1ccncc1CNCC(C)C. The third-order valence-corrected chi connectivity index (χ3v) is 2.46. The van der Waals surface area contributed by atoms with Crippen LogP contribution in [0.15, 0.2) is 18.5 Å². The summed E-state index contributed by atoms with van der Waals surface area (Å²) in [6.45, 7) is 8.72. The number of methoxy groups -OCH3 is 1. The maximum Gasteiger partial charge on any atom is 0.127 e. The molecule has 0 saturated heterocycles. The van der Waals surface area contributed by atoms with Gasteiger partial charge in [0.15, 0.2) is 0 Å². The fourth-order valence-electron chi connectivity index (χ4n) is 1.64. The second-order valence-corrected chi connectivity index (χ2v) is 4.89. The molecule has 102 valence electrons. The highest BCUT2D eigenvalue weighted by Gasteiger charge is 2.08. The number of ether oxygens (including phenoxy) is 2. The molecule has 0 aliphatic heterocycles. The average Bonchev–Trinajstić information content (AvgIpc) is 2.31. The maximum absolute atomic E-state index is 5.84. The summed E-state index contributed by atoms with van der Waals surface area (Å²) in [4.78, 5) is 4.15. The summed E-state index contributed by atoms with van der Waals surface area (Å²) in [7, 11) is 1.68. The second-order valence-electron chi connectivity index (χ2n) is 4.89. The Kier molecular flexibility index (Phi) is 6.68. The smallest absolute Gasteiger partial charge is 0.127 e. The van der Waals surface area contributed by atoms with E-state index in [1.54, 1.807) is 13.3 Å². The molecule has 0 spiro atoms. The van der Waals surface area contributed by atoms with Crippen LogP contribution in [0.4, 0.5) is 0 Å². The maximum atomic E-state index is 5.84. The third kappa shape index (κ3) is 5.47. The second kappa shape index (κ2) is 8.06. The fourth-order valence-corrected chi connectivity index (χ4v) is 1.64. The normalized spacial score (nSPS) is 12.7. The van der Waals surface area contributed by atoms with Gasteiger partial charge < -0.3 is 14.8 Å². The summed E-state index contributed by atoms with van der Waals surface area (Å²) in [6.07, 6.45) is 3.64. The molecular weight excluding hydrogens is 228 g/mol. The number of hydrogen-bond donors (Lipinski definition) is 1. The molecule has 4 nitrogen and oxygen atoms in total. The van der Waals surface area contributed by atoms with Gasteiger partial charge in [-0.05, 0) is 25.5 Å². The molecule has 1 heterocycles. The molecule has 1 N–H and O–H groups in total. The van der Waals surface area contributed by atoms with Crippen LogP contribution in [-0.2, 0) is 11.3 Å². The Labute approximate surface area is 110 Å². The van der Waals surface area contributed by atoms with Crippen LogP contribution >= 0.6 is 0 Å².